The fourth-order valence-electron chi connectivity index (χ4n) is 2.52. The first-order chi connectivity index (χ1) is 8.55. The van der Waals surface area contributed by atoms with Crippen molar-refractivity contribution in [2.45, 2.75) is 25.7 Å². The molecule has 5 nitrogen and oxygen atoms in total. The van der Waals surface area contributed by atoms with Gasteiger partial charge in [-0.05, 0) is 25.7 Å². The lowest BCUT2D eigenvalue weighted by Crippen LogP contribution is -2.39. The van der Waals surface area contributed by atoms with Gasteiger partial charge >= 0.3 is 5.97 Å². The molecule has 18 heavy (non-hydrogen) atoms. The summed E-state index contributed by atoms with van der Waals surface area (Å²) >= 11 is 0. The lowest BCUT2D eigenvalue weighted by molar-refractivity contribution is -0.146. The molecule has 0 radical (unpaired) electrons. The molecular weight excluding hydrogens is 234 g/mol. The Morgan fingerprint density at radius 3 is 2.61 bits per heavy atom. The monoisotopic (exact) mass is 247 g/mol. The predicted octanol–water partition coefficient (Wildman–Crippen LogP) is 0.867. The molecule has 2 amide bonds. The standard InChI is InChI=1S/C13H13NO4/c15-10-8-3-1-2-4-9(8)11(16)14(10)7-13(5-6-13)12(17)18/h1,3H,2,4-7H2,(H,17,18). The number of carbonyl (C=O) groups excluding carboxylic acids is 2. The molecule has 0 unspecified atom stereocenters. The van der Waals surface area contributed by atoms with Crippen molar-refractivity contribution in [2.75, 3.05) is 6.54 Å². The molecular formula is C13H13NO4. The molecule has 1 heterocycles. The van der Waals surface area contributed by atoms with Gasteiger partial charge in [-0.3, -0.25) is 19.3 Å². The van der Waals surface area contributed by atoms with Gasteiger partial charge in [0, 0.05) is 17.7 Å². The Balaban J connectivity index is 1.85. The van der Waals surface area contributed by atoms with Gasteiger partial charge in [-0.2, -0.15) is 0 Å². The summed E-state index contributed by atoms with van der Waals surface area (Å²) in [6, 6.07) is 0. The van der Waals surface area contributed by atoms with Gasteiger partial charge in [-0.1, -0.05) is 12.2 Å². The summed E-state index contributed by atoms with van der Waals surface area (Å²) in [5.74, 6) is -1.55. The van der Waals surface area contributed by atoms with Crippen LogP contribution in [-0.2, 0) is 14.4 Å². The SMILES string of the molecule is O=C1C2=C(CCC=C2)C(=O)N1CC1(C(=O)O)CC1. The van der Waals surface area contributed by atoms with Crippen molar-refractivity contribution in [1.29, 1.82) is 0 Å². The second-order valence-electron chi connectivity index (χ2n) is 5.12. The molecule has 2 aliphatic carbocycles. The zero-order valence-electron chi connectivity index (χ0n) is 9.81. The minimum atomic E-state index is -0.913. The minimum Gasteiger partial charge on any atom is -0.481 e. The Morgan fingerprint density at radius 1 is 1.33 bits per heavy atom. The van der Waals surface area contributed by atoms with Crippen LogP contribution in [0.5, 0.6) is 0 Å². The van der Waals surface area contributed by atoms with E-state index in [-0.39, 0.29) is 18.4 Å². The Labute approximate surface area is 104 Å². The quantitative estimate of drug-likeness (QED) is 0.751. The smallest absolute Gasteiger partial charge is 0.311 e. The van der Waals surface area contributed by atoms with Crippen LogP contribution < -0.4 is 0 Å². The topological polar surface area (TPSA) is 74.7 Å². The summed E-state index contributed by atoms with van der Waals surface area (Å²) in [5, 5.41) is 9.12. The average molecular weight is 247 g/mol. The lowest BCUT2D eigenvalue weighted by Gasteiger charge is -2.19. The van der Waals surface area contributed by atoms with E-state index in [4.69, 9.17) is 5.11 Å². The van der Waals surface area contributed by atoms with Crippen LogP contribution in [0.1, 0.15) is 25.7 Å². The van der Waals surface area contributed by atoms with E-state index in [2.05, 4.69) is 0 Å². The Morgan fingerprint density at radius 2 is 2.06 bits per heavy atom. The summed E-state index contributed by atoms with van der Waals surface area (Å²) in [6.07, 6.45) is 5.97. The van der Waals surface area contributed by atoms with Crippen molar-refractivity contribution in [2.24, 2.45) is 5.41 Å². The van der Waals surface area contributed by atoms with Crippen LogP contribution in [0.3, 0.4) is 0 Å². The van der Waals surface area contributed by atoms with Crippen molar-refractivity contribution >= 4 is 17.8 Å². The predicted molar refractivity (Wildman–Crippen MR) is 61.4 cm³/mol. The Kier molecular flexibility index (Phi) is 2.20. The number of carboxylic acid groups (broad SMARTS) is 1. The number of amides is 2. The number of aliphatic carboxylic acids is 1. The van der Waals surface area contributed by atoms with E-state index in [9.17, 15) is 14.4 Å². The maximum atomic E-state index is 12.1. The van der Waals surface area contributed by atoms with Crippen LogP contribution in [0.15, 0.2) is 23.3 Å². The highest BCUT2D eigenvalue weighted by molar-refractivity contribution is 6.21. The molecule has 3 aliphatic rings. The summed E-state index contributed by atoms with van der Waals surface area (Å²) in [6.45, 7) is 0.0147. The average Bonchev–Trinajstić information content (AvgIpc) is 3.11. The van der Waals surface area contributed by atoms with Gasteiger partial charge < -0.3 is 5.11 Å². The maximum Gasteiger partial charge on any atom is 0.311 e. The fourth-order valence-corrected chi connectivity index (χ4v) is 2.52. The van der Waals surface area contributed by atoms with E-state index in [0.29, 0.717) is 30.4 Å². The first-order valence-corrected chi connectivity index (χ1v) is 6.04. The molecule has 1 N–H and O–H groups in total. The Bertz CT molecular complexity index is 525. The van der Waals surface area contributed by atoms with Crippen molar-refractivity contribution in [3.8, 4) is 0 Å². The highest BCUT2D eigenvalue weighted by atomic mass is 16.4. The number of nitrogens with zero attached hydrogens (tertiary/aromatic N) is 1. The second kappa shape index (κ2) is 3.54. The van der Waals surface area contributed by atoms with Gasteiger partial charge in [0.15, 0.2) is 0 Å². The minimum absolute atomic E-state index is 0.0147. The molecule has 1 fully saturated rings. The number of allylic oxidation sites excluding steroid dienone is 1. The van der Waals surface area contributed by atoms with Gasteiger partial charge in [0.1, 0.15) is 0 Å². The summed E-state index contributed by atoms with van der Waals surface area (Å²) in [5.41, 5.74) is 0.111. The van der Waals surface area contributed by atoms with Crippen LogP contribution in [0.2, 0.25) is 0 Å². The first-order valence-electron chi connectivity index (χ1n) is 6.04. The lowest BCUT2D eigenvalue weighted by atomic mass is 10.00. The molecule has 0 bridgehead atoms. The molecule has 3 rings (SSSR count). The molecule has 0 spiro atoms. The number of hydrogen-bond acceptors (Lipinski definition) is 3. The van der Waals surface area contributed by atoms with Crippen LogP contribution in [-0.4, -0.2) is 34.3 Å². The van der Waals surface area contributed by atoms with Crippen molar-refractivity contribution in [3.05, 3.63) is 23.3 Å². The van der Waals surface area contributed by atoms with E-state index in [1.807, 2.05) is 6.08 Å². The second-order valence-corrected chi connectivity index (χ2v) is 5.12. The molecule has 0 aromatic carbocycles. The first kappa shape index (κ1) is 11.2. The third-order valence-electron chi connectivity index (χ3n) is 3.92. The van der Waals surface area contributed by atoms with E-state index >= 15 is 0 Å². The largest absolute Gasteiger partial charge is 0.481 e. The number of carboxylic acids is 1. The van der Waals surface area contributed by atoms with Crippen molar-refractivity contribution < 1.29 is 19.5 Å². The zero-order chi connectivity index (χ0) is 12.9. The Hall–Kier alpha value is -1.91. The van der Waals surface area contributed by atoms with E-state index in [0.717, 1.165) is 11.3 Å². The van der Waals surface area contributed by atoms with Crippen LogP contribution in [0.4, 0.5) is 0 Å². The molecule has 0 aromatic heterocycles. The molecule has 1 saturated carbocycles. The third-order valence-corrected chi connectivity index (χ3v) is 3.92. The number of carbonyl (C=O) groups is 3. The normalized spacial score (nSPS) is 24.6. The van der Waals surface area contributed by atoms with Gasteiger partial charge in [0.2, 0.25) is 0 Å². The van der Waals surface area contributed by atoms with E-state index < -0.39 is 11.4 Å². The molecule has 5 heteroatoms. The summed E-state index contributed by atoms with van der Waals surface area (Å²) < 4.78 is 0. The third kappa shape index (κ3) is 1.43. The van der Waals surface area contributed by atoms with Crippen LogP contribution in [0, 0.1) is 5.41 Å². The molecule has 0 aromatic rings. The van der Waals surface area contributed by atoms with Crippen molar-refractivity contribution in [1.82, 2.24) is 4.90 Å². The van der Waals surface area contributed by atoms with Gasteiger partial charge in [-0.15, -0.1) is 0 Å². The summed E-state index contributed by atoms with van der Waals surface area (Å²) in [7, 11) is 0. The zero-order valence-corrected chi connectivity index (χ0v) is 9.81. The number of hydrogen-bond donors (Lipinski definition) is 1. The highest BCUT2D eigenvalue weighted by Crippen LogP contribution is 2.47. The van der Waals surface area contributed by atoms with Crippen LogP contribution >= 0.6 is 0 Å². The number of rotatable bonds is 3. The van der Waals surface area contributed by atoms with Crippen LogP contribution in [0.25, 0.3) is 0 Å². The van der Waals surface area contributed by atoms with Crippen molar-refractivity contribution in [3.63, 3.8) is 0 Å². The van der Waals surface area contributed by atoms with Gasteiger partial charge in [0.25, 0.3) is 11.8 Å². The number of imide groups is 1. The van der Waals surface area contributed by atoms with E-state index in [1.165, 1.54) is 0 Å². The molecule has 0 saturated heterocycles. The van der Waals surface area contributed by atoms with Gasteiger partial charge in [-0.25, -0.2) is 0 Å². The summed E-state index contributed by atoms with van der Waals surface area (Å²) in [4.78, 5) is 36.4. The molecule has 0 atom stereocenters. The highest BCUT2D eigenvalue weighted by Gasteiger charge is 2.54. The van der Waals surface area contributed by atoms with E-state index in [1.54, 1.807) is 6.08 Å². The maximum absolute atomic E-state index is 12.1. The fraction of sp³-hybridized carbons (Fsp3) is 0.462. The molecule has 94 valence electrons. The van der Waals surface area contributed by atoms with Gasteiger partial charge in [0.05, 0.1) is 5.41 Å². The molecule has 1 aliphatic heterocycles.